The van der Waals surface area contributed by atoms with Gasteiger partial charge in [-0.05, 0) is 38.0 Å². The van der Waals surface area contributed by atoms with E-state index in [2.05, 4.69) is 24.9 Å². The Morgan fingerprint density at radius 3 is 2.46 bits per heavy atom. The lowest BCUT2D eigenvalue weighted by Crippen LogP contribution is -1.89. The van der Waals surface area contributed by atoms with Crippen molar-refractivity contribution in [3.8, 4) is 0 Å². The predicted molar refractivity (Wildman–Crippen MR) is 56.9 cm³/mol. The van der Waals surface area contributed by atoms with Gasteiger partial charge in [0.15, 0.2) is 0 Å². The molecule has 0 bridgehead atoms. The van der Waals surface area contributed by atoms with Crippen molar-refractivity contribution in [1.82, 2.24) is 4.98 Å². The summed E-state index contributed by atoms with van der Waals surface area (Å²) >= 11 is 0. The lowest BCUT2D eigenvalue weighted by molar-refractivity contribution is 1.25. The zero-order valence-corrected chi connectivity index (χ0v) is 8.23. The molecule has 1 aromatic carbocycles. The Labute approximate surface area is 77.8 Å². The summed E-state index contributed by atoms with van der Waals surface area (Å²) in [5.74, 6) is 0. The second-order valence-corrected chi connectivity index (χ2v) is 3.58. The van der Waals surface area contributed by atoms with Crippen LogP contribution in [-0.2, 0) is 0 Å². The van der Waals surface area contributed by atoms with Crippen LogP contribution in [0.4, 0.5) is 5.69 Å². The number of fused-ring (bicyclic) bond motifs is 1. The summed E-state index contributed by atoms with van der Waals surface area (Å²) < 4.78 is 0. The molecule has 0 aliphatic rings. The lowest BCUT2D eigenvalue weighted by atomic mass is 10.1. The topological polar surface area (TPSA) is 41.8 Å². The van der Waals surface area contributed by atoms with Crippen LogP contribution in [-0.4, -0.2) is 4.98 Å². The highest BCUT2D eigenvalue weighted by atomic mass is 14.7. The maximum absolute atomic E-state index is 5.83. The largest absolute Gasteiger partial charge is 0.398 e. The molecular weight excluding hydrogens is 160 g/mol. The quantitative estimate of drug-likeness (QED) is 0.592. The van der Waals surface area contributed by atoms with Crippen LogP contribution < -0.4 is 5.73 Å². The first-order valence-electron chi connectivity index (χ1n) is 4.45. The number of aromatic nitrogens is 1. The molecule has 0 radical (unpaired) electrons. The maximum Gasteiger partial charge on any atom is 0.0509 e. The lowest BCUT2D eigenvalue weighted by Gasteiger charge is -2.00. The molecule has 0 atom stereocenters. The standard InChI is InChI=1S/C11H14N2/c1-6-8(3)13-11-7(2)10(12)5-4-9(6)11/h4-5,13H,12H2,1-3H3. The van der Waals surface area contributed by atoms with Crippen LogP contribution in [0.15, 0.2) is 12.1 Å². The molecule has 1 aromatic heterocycles. The van der Waals surface area contributed by atoms with Gasteiger partial charge in [-0.2, -0.15) is 0 Å². The van der Waals surface area contributed by atoms with Gasteiger partial charge in [0.1, 0.15) is 0 Å². The highest BCUT2D eigenvalue weighted by Gasteiger charge is 2.07. The Balaban J connectivity index is 2.94. The Hall–Kier alpha value is -1.44. The molecule has 0 unspecified atom stereocenters. The molecule has 3 N–H and O–H groups in total. The molecule has 0 saturated heterocycles. The second-order valence-electron chi connectivity index (χ2n) is 3.58. The van der Waals surface area contributed by atoms with Crippen molar-refractivity contribution < 1.29 is 0 Å². The maximum atomic E-state index is 5.83. The smallest absolute Gasteiger partial charge is 0.0509 e. The predicted octanol–water partition coefficient (Wildman–Crippen LogP) is 2.68. The molecular formula is C11H14N2. The third kappa shape index (κ3) is 1.02. The minimum atomic E-state index is 0.855. The van der Waals surface area contributed by atoms with Gasteiger partial charge in [-0.15, -0.1) is 0 Å². The normalized spacial score (nSPS) is 11.0. The van der Waals surface area contributed by atoms with Gasteiger partial charge in [-0.1, -0.05) is 6.07 Å². The van der Waals surface area contributed by atoms with E-state index in [9.17, 15) is 0 Å². The minimum Gasteiger partial charge on any atom is -0.398 e. The second kappa shape index (κ2) is 2.52. The monoisotopic (exact) mass is 174 g/mol. The first kappa shape index (κ1) is 8.17. The number of hydrogen-bond acceptors (Lipinski definition) is 1. The van der Waals surface area contributed by atoms with Crippen LogP contribution >= 0.6 is 0 Å². The van der Waals surface area contributed by atoms with Crippen LogP contribution in [0.3, 0.4) is 0 Å². The summed E-state index contributed by atoms with van der Waals surface area (Å²) in [6.07, 6.45) is 0. The van der Waals surface area contributed by atoms with E-state index < -0.39 is 0 Å². The van der Waals surface area contributed by atoms with Crippen molar-refractivity contribution in [1.29, 1.82) is 0 Å². The molecule has 2 nitrogen and oxygen atoms in total. The van der Waals surface area contributed by atoms with E-state index in [-0.39, 0.29) is 0 Å². The summed E-state index contributed by atoms with van der Waals surface area (Å²) in [6, 6.07) is 4.05. The van der Waals surface area contributed by atoms with E-state index in [4.69, 9.17) is 5.73 Å². The van der Waals surface area contributed by atoms with Gasteiger partial charge in [0.25, 0.3) is 0 Å². The number of nitrogen functional groups attached to an aromatic ring is 1. The van der Waals surface area contributed by atoms with Crippen LogP contribution in [0, 0.1) is 20.8 Å². The average molecular weight is 174 g/mol. The Kier molecular flexibility index (Phi) is 1.59. The summed E-state index contributed by atoms with van der Waals surface area (Å²) in [4.78, 5) is 3.36. The average Bonchev–Trinajstić information content (AvgIpc) is 2.38. The van der Waals surface area contributed by atoms with E-state index in [1.807, 2.05) is 13.0 Å². The van der Waals surface area contributed by atoms with Gasteiger partial charge in [-0.25, -0.2) is 0 Å². The molecule has 0 fully saturated rings. The Morgan fingerprint density at radius 1 is 1.08 bits per heavy atom. The van der Waals surface area contributed by atoms with Crippen molar-refractivity contribution in [3.05, 3.63) is 29.0 Å². The summed E-state index contributed by atoms with van der Waals surface area (Å²) in [6.45, 7) is 6.27. The molecule has 68 valence electrons. The van der Waals surface area contributed by atoms with Gasteiger partial charge in [-0.3, -0.25) is 0 Å². The molecule has 1 heterocycles. The van der Waals surface area contributed by atoms with Gasteiger partial charge in [0.05, 0.1) is 5.52 Å². The molecule has 2 rings (SSSR count). The number of rotatable bonds is 0. The molecule has 0 aliphatic heterocycles. The van der Waals surface area contributed by atoms with Gasteiger partial charge < -0.3 is 10.7 Å². The zero-order chi connectivity index (χ0) is 9.59. The summed E-state index contributed by atoms with van der Waals surface area (Å²) in [5.41, 5.74) is 11.5. The molecule has 0 amide bonds. The van der Waals surface area contributed by atoms with Crippen molar-refractivity contribution >= 4 is 16.6 Å². The van der Waals surface area contributed by atoms with E-state index in [1.54, 1.807) is 0 Å². The third-order valence-electron chi connectivity index (χ3n) is 2.79. The van der Waals surface area contributed by atoms with Gasteiger partial charge >= 0.3 is 0 Å². The van der Waals surface area contributed by atoms with Crippen LogP contribution in [0.1, 0.15) is 16.8 Å². The molecule has 2 aromatic rings. The molecule has 0 spiro atoms. The minimum absolute atomic E-state index is 0.855. The van der Waals surface area contributed by atoms with Crippen molar-refractivity contribution in [2.24, 2.45) is 0 Å². The van der Waals surface area contributed by atoms with E-state index in [0.29, 0.717) is 0 Å². The van der Waals surface area contributed by atoms with Crippen molar-refractivity contribution in [2.45, 2.75) is 20.8 Å². The Bertz CT molecular complexity index is 466. The molecule has 2 heteroatoms. The van der Waals surface area contributed by atoms with E-state index in [0.717, 1.165) is 11.3 Å². The van der Waals surface area contributed by atoms with E-state index >= 15 is 0 Å². The number of anilines is 1. The first-order chi connectivity index (χ1) is 6.11. The number of nitrogens with two attached hydrogens (primary N) is 1. The van der Waals surface area contributed by atoms with Crippen LogP contribution in [0.25, 0.3) is 10.9 Å². The highest BCUT2D eigenvalue weighted by molar-refractivity contribution is 5.90. The molecule has 0 saturated carbocycles. The number of H-pyrrole nitrogens is 1. The van der Waals surface area contributed by atoms with Gasteiger partial charge in [0, 0.05) is 16.8 Å². The van der Waals surface area contributed by atoms with Crippen LogP contribution in [0.5, 0.6) is 0 Å². The fraction of sp³-hybridized carbons (Fsp3) is 0.273. The first-order valence-corrected chi connectivity index (χ1v) is 4.45. The number of aromatic amines is 1. The fourth-order valence-corrected chi connectivity index (χ4v) is 1.68. The van der Waals surface area contributed by atoms with Crippen molar-refractivity contribution in [2.75, 3.05) is 5.73 Å². The highest BCUT2D eigenvalue weighted by Crippen LogP contribution is 2.26. The number of nitrogens with one attached hydrogen (secondary N) is 1. The molecule has 13 heavy (non-hydrogen) atoms. The van der Waals surface area contributed by atoms with Crippen LogP contribution in [0.2, 0.25) is 0 Å². The van der Waals surface area contributed by atoms with Crippen molar-refractivity contribution in [3.63, 3.8) is 0 Å². The summed E-state index contributed by atoms with van der Waals surface area (Å²) in [7, 11) is 0. The van der Waals surface area contributed by atoms with E-state index in [1.165, 1.54) is 22.2 Å². The number of aryl methyl sites for hydroxylation is 3. The summed E-state index contributed by atoms with van der Waals surface area (Å²) in [5, 5.41) is 1.28. The number of benzene rings is 1. The van der Waals surface area contributed by atoms with Gasteiger partial charge in [0.2, 0.25) is 0 Å². The fourth-order valence-electron chi connectivity index (χ4n) is 1.68. The number of hydrogen-bond donors (Lipinski definition) is 2. The SMILES string of the molecule is Cc1[nH]c2c(C)c(N)ccc2c1C. The third-order valence-corrected chi connectivity index (χ3v) is 2.79. The Morgan fingerprint density at radius 2 is 1.77 bits per heavy atom. The molecule has 0 aliphatic carbocycles. The zero-order valence-electron chi connectivity index (χ0n) is 8.23.